The highest BCUT2D eigenvalue weighted by atomic mass is 31.2. The van der Waals surface area contributed by atoms with Gasteiger partial charge in [-0.3, -0.25) is 4.52 Å². The van der Waals surface area contributed by atoms with E-state index in [0.717, 1.165) is 0 Å². The zero-order chi connectivity index (χ0) is 15.6. The van der Waals surface area contributed by atoms with Crippen LogP contribution in [0, 0.1) is 12.3 Å². The Bertz CT molecular complexity index is 376. The molecule has 1 unspecified atom stereocenters. The van der Waals surface area contributed by atoms with Crippen LogP contribution >= 0.6 is 7.82 Å². The Kier molecular flexibility index (Phi) is 8.81. The zero-order valence-electron chi connectivity index (χ0n) is 10.7. The first kappa shape index (κ1) is 19.2. The van der Waals surface area contributed by atoms with E-state index in [0.29, 0.717) is 0 Å². The monoisotopic (exact) mass is 314 g/mol. The molecule has 0 saturated carbocycles. The summed E-state index contributed by atoms with van der Waals surface area (Å²) >= 11 is 0. The molecule has 0 saturated heterocycles. The van der Waals surface area contributed by atoms with E-state index in [1.807, 2.05) is 0 Å². The smallest absolute Gasteiger partial charge is 0.377 e. The molecule has 0 aromatic heterocycles. The minimum atomic E-state index is -5.11. The van der Waals surface area contributed by atoms with Crippen molar-refractivity contribution in [3.05, 3.63) is 12.7 Å². The Morgan fingerprint density at radius 3 is 2.60 bits per heavy atom. The van der Waals surface area contributed by atoms with Crippen molar-refractivity contribution in [1.82, 2.24) is 0 Å². The first-order chi connectivity index (χ1) is 9.23. The third-order valence-corrected chi connectivity index (χ3v) is 2.44. The molecule has 0 spiro atoms. The highest BCUT2D eigenvalue weighted by molar-refractivity contribution is 7.46. The number of hydrogen-bond acceptors (Lipinski definition) is 4. The molecule has 0 amide bonds. The lowest BCUT2D eigenvalue weighted by Crippen LogP contribution is -2.41. The molecule has 116 valence electrons. The minimum absolute atomic E-state index is 0.0414. The van der Waals surface area contributed by atoms with Crippen LogP contribution in [0.4, 0.5) is 8.78 Å². The summed E-state index contributed by atoms with van der Waals surface area (Å²) in [6.07, 6.45) is 0.466. The molecule has 0 aliphatic carbocycles. The summed E-state index contributed by atoms with van der Waals surface area (Å²) in [6, 6.07) is 0. The Hall–Kier alpha value is -0.810. The number of phosphoric ester groups is 1. The van der Waals surface area contributed by atoms with Gasteiger partial charge in [0.15, 0.2) is 6.10 Å². The van der Waals surface area contributed by atoms with Gasteiger partial charge < -0.3 is 19.3 Å². The predicted molar refractivity (Wildman–Crippen MR) is 66.9 cm³/mol. The molecule has 0 radical (unpaired) electrons. The topological polar surface area (TPSA) is 85.2 Å². The van der Waals surface area contributed by atoms with Crippen molar-refractivity contribution in [2.45, 2.75) is 25.1 Å². The summed E-state index contributed by atoms with van der Waals surface area (Å²) in [5.74, 6) is 2.22. The van der Waals surface area contributed by atoms with Crippen LogP contribution in [0.3, 0.4) is 0 Å². The van der Waals surface area contributed by atoms with Crippen LogP contribution in [0.15, 0.2) is 12.7 Å². The van der Waals surface area contributed by atoms with Crippen LogP contribution in [0.25, 0.3) is 0 Å². The van der Waals surface area contributed by atoms with Crippen LogP contribution in [-0.2, 0) is 18.6 Å². The van der Waals surface area contributed by atoms with Gasteiger partial charge in [0.2, 0.25) is 0 Å². The third kappa shape index (κ3) is 9.15. The number of rotatable bonds is 11. The van der Waals surface area contributed by atoms with Crippen molar-refractivity contribution in [3.63, 3.8) is 0 Å². The largest absolute Gasteiger partial charge is 0.470 e. The number of halogens is 2. The summed E-state index contributed by atoms with van der Waals surface area (Å²) < 4.78 is 50.9. The summed E-state index contributed by atoms with van der Waals surface area (Å²) in [4.78, 5) is 17.2. The van der Waals surface area contributed by atoms with Gasteiger partial charge >= 0.3 is 13.9 Å². The predicted octanol–water partition coefficient (Wildman–Crippen LogP) is 1.69. The Balaban J connectivity index is 4.59. The highest BCUT2D eigenvalue weighted by Gasteiger charge is 2.45. The zero-order valence-corrected chi connectivity index (χ0v) is 11.6. The van der Waals surface area contributed by atoms with Crippen LogP contribution in [0.2, 0.25) is 0 Å². The van der Waals surface area contributed by atoms with Gasteiger partial charge in [0.25, 0.3) is 0 Å². The number of alkyl halides is 2. The van der Waals surface area contributed by atoms with E-state index >= 15 is 0 Å². The fourth-order valence-electron chi connectivity index (χ4n) is 1.05. The second-order valence-electron chi connectivity index (χ2n) is 3.60. The van der Waals surface area contributed by atoms with E-state index in [2.05, 4.69) is 21.8 Å². The molecule has 1 atom stereocenters. The minimum Gasteiger partial charge on any atom is -0.377 e. The Morgan fingerprint density at radius 1 is 1.45 bits per heavy atom. The summed E-state index contributed by atoms with van der Waals surface area (Å²) in [5, 5.41) is 0. The lowest BCUT2D eigenvalue weighted by molar-refractivity contribution is -0.291. The van der Waals surface area contributed by atoms with Crippen molar-refractivity contribution in [1.29, 1.82) is 0 Å². The average Bonchev–Trinajstić information content (AvgIpc) is 2.32. The molecule has 20 heavy (non-hydrogen) atoms. The standard InChI is InChI=1S/C11H17F2O6P/c1-3-5-7-17-9-10(19-20(14,15)16)11(12,13)18-8-6-4-2/h1,4,10H,2,5-9H2,(H2,14,15,16). The number of terminal acetylenes is 1. The molecule has 9 heteroatoms. The first-order valence-electron chi connectivity index (χ1n) is 5.60. The van der Waals surface area contributed by atoms with Gasteiger partial charge in [-0.05, 0) is 6.42 Å². The summed E-state index contributed by atoms with van der Waals surface area (Å²) in [5.41, 5.74) is 0. The number of hydrogen-bond donors (Lipinski definition) is 2. The average molecular weight is 314 g/mol. The molecule has 2 N–H and O–H groups in total. The Morgan fingerprint density at radius 2 is 2.10 bits per heavy atom. The van der Waals surface area contributed by atoms with E-state index in [1.54, 1.807) is 0 Å². The normalized spacial score (nSPS) is 13.8. The van der Waals surface area contributed by atoms with E-state index in [-0.39, 0.29) is 26.1 Å². The lowest BCUT2D eigenvalue weighted by atomic mass is 10.3. The summed E-state index contributed by atoms with van der Waals surface area (Å²) in [6.45, 7) is 2.15. The molecule has 0 heterocycles. The van der Waals surface area contributed by atoms with Crippen molar-refractivity contribution in [2.24, 2.45) is 0 Å². The molecule has 0 aromatic rings. The van der Waals surface area contributed by atoms with Crippen LogP contribution in [-0.4, -0.2) is 41.8 Å². The van der Waals surface area contributed by atoms with E-state index in [1.165, 1.54) is 6.08 Å². The van der Waals surface area contributed by atoms with Crippen molar-refractivity contribution < 1.29 is 37.1 Å². The number of ether oxygens (including phenoxy) is 2. The van der Waals surface area contributed by atoms with Gasteiger partial charge in [0, 0.05) is 6.42 Å². The van der Waals surface area contributed by atoms with Crippen LogP contribution in [0.1, 0.15) is 12.8 Å². The van der Waals surface area contributed by atoms with E-state index < -0.39 is 26.6 Å². The molecule has 0 bridgehead atoms. The SMILES string of the molecule is C#CCCOCC(OP(=O)(O)O)C(F)(F)OCCC=C. The summed E-state index contributed by atoms with van der Waals surface area (Å²) in [7, 11) is -5.11. The van der Waals surface area contributed by atoms with Crippen LogP contribution in [0.5, 0.6) is 0 Å². The van der Waals surface area contributed by atoms with Crippen molar-refractivity contribution in [3.8, 4) is 12.3 Å². The van der Waals surface area contributed by atoms with Crippen LogP contribution < -0.4 is 0 Å². The second-order valence-corrected chi connectivity index (χ2v) is 4.79. The fourth-order valence-corrected chi connectivity index (χ4v) is 1.56. The van der Waals surface area contributed by atoms with Crippen molar-refractivity contribution in [2.75, 3.05) is 19.8 Å². The molecule has 0 aliphatic rings. The van der Waals surface area contributed by atoms with Gasteiger partial charge in [-0.2, -0.15) is 8.78 Å². The molecular weight excluding hydrogens is 297 g/mol. The molecule has 6 nitrogen and oxygen atoms in total. The quantitative estimate of drug-likeness (QED) is 0.261. The maximum atomic E-state index is 13.6. The van der Waals surface area contributed by atoms with E-state index in [9.17, 15) is 13.3 Å². The molecule has 0 fully saturated rings. The molecule has 0 aromatic carbocycles. The maximum absolute atomic E-state index is 13.6. The second kappa shape index (κ2) is 9.19. The van der Waals surface area contributed by atoms with E-state index in [4.69, 9.17) is 20.9 Å². The Labute approximate surface area is 116 Å². The number of phosphoric acid groups is 1. The van der Waals surface area contributed by atoms with Gasteiger partial charge in [-0.1, -0.05) is 6.08 Å². The first-order valence-corrected chi connectivity index (χ1v) is 7.13. The highest BCUT2D eigenvalue weighted by Crippen LogP contribution is 2.41. The van der Waals surface area contributed by atoms with Gasteiger partial charge in [0.1, 0.15) is 0 Å². The van der Waals surface area contributed by atoms with Gasteiger partial charge in [-0.25, -0.2) is 4.57 Å². The van der Waals surface area contributed by atoms with Crippen molar-refractivity contribution >= 4 is 7.82 Å². The fraction of sp³-hybridized carbons (Fsp3) is 0.636. The molecule has 0 rings (SSSR count). The molecular formula is C11H17F2O6P. The molecule has 0 aliphatic heterocycles. The lowest BCUT2D eigenvalue weighted by Gasteiger charge is -2.26. The maximum Gasteiger partial charge on any atom is 0.470 e. The third-order valence-electron chi connectivity index (χ3n) is 1.92. The van der Waals surface area contributed by atoms with Gasteiger partial charge in [-0.15, -0.1) is 18.9 Å². The van der Waals surface area contributed by atoms with Gasteiger partial charge in [0.05, 0.1) is 19.8 Å².